The molecule has 2 aliphatic heterocycles. The number of nitrogens with one attached hydrogen (secondary N) is 2. The van der Waals surface area contributed by atoms with Crippen LogP contribution in [0.3, 0.4) is 0 Å². The van der Waals surface area contributed by atoms with Gasteiger partial charge in [0.1, 0.15) is 6.04 Å². The van der Waals surface area contributed by atoms with E-state index < -0.39 is 67.0 Å². The molecule has 10 heteroatoms. The highest BCUT2D eigenvalue weighted by Crippen LogP contribution is 2.30. The summed E-state index contributed by atoms with van der Waals surface area (Å²) in [7, 11) is 0. The summed E-state index contributed by atoms with van der Waals surface area (Å²) >= 11 is 5.68. The molecule has 0 bridgehead atoms. The van der Waals surface area contributed by atoms with Gasteiger partial charge in [0.15, 0.2) is 1.41 Å². The van der Waals surface area contributed by atoms with Gasteiger partial charge in [-0.3, -0.25) is 24.5 Å². The van der Waals surface area contributed by atoms with Crippen molar-refractivity contribution in [2.75, 3.05) is 0 Å². The lowest BCUT2D eigenvalue weighted by Gasteiger charge is -2.29. The van der Waals surface area contributed by atoms with Gasteiger partial charge in [0.05, 0.1) is 1.37 Å². The maximum absolute atomic E-state index is 14.7. The standard InChI is InChI=1S/C22H18ClF2N3O4/c23-15-4-2-14(3-5-15)22(24,25)21(32)26-10-12-1-6-16-13(9-12)11-28(20(16)31)17-7-8-18(29)27-19(17)30/h1-6,9,17H,7-8,10-11H2,(H,26,32)(H,27,29,30)/i7D2,8D2,10D/hD. The van der Waals surface area contributed by atoms with E-state index in [0.29, 0.717) is 0 Å². The maximum Gasteiger partial charge on any atom is 0.349 e. The van der Waals surface area contributed by atoms with Crippen molar-refractivity contribution >= 4 is 35.2 Å². The van der Waals surface area contributed by atoms with Crippen LogP contribution in [0, 0.1) is 0 Å². The van der Waals surface area contributed by atoms with E-state index in [1.807, 2.05) is 0 Å². The second-order valence-electron chi connectivity index (χ2n) is 6.98. The van der Waals surface area contributed by atoms with E-state index >= 15 is 0 Å². The quantitative estimate of drug-likeness (QED) is 0.660. The molecule has 0 radical (unpaired) electrons. The van der Waals surface area contributed by atoms with Crippen molar-refractivity contribution < 1.29 is 36.2 Å². The fraction of sp³-hybridized carbons (Fsp3) is 0.273. The molecule has 32 heavy (non-hydrogen) atoms. The average molecular weight is 468 g/mol. The Morgan fingerprint density at radius 3 is 2.72 bits per heavy atom. The van der Waals surface area contributed by atoms with Crippen LogP contribution in [0.2, 0.25) is 6.43 Å². The monoisotopic (exact) mass is 467 g/mol. The van der Waals surface area contributed by atoms with Gasteiger partial charge in [0, 0.05) is 41.1 Å². The van der Waals surface area contributed by atoms with E-state index in [0.717, 1.165) is 35.2 Å². The van der Waals surface area contributed by atoms with Crippen molar-refractivity contribution in [3.05, 3.63) is 69.7 Å². The van der Waals surface area contributed by atoms with Crippen molar-refractivity contribution in [3.8, 4) is 0 Å². The van der Waals surface area contributed by atoms with E-state index in [-0.39, 0.29) is 27.0 Å². The van der Waals surface area contributed by atoms with Crippen LogP contribution in [0.25, 0.3) is 0 Å². The molecule has 0 saturated carbocycles. The Labute approximate surface area is 195 Å². The largest absolute Gasteiger partial charge is 0.349 e. The zero-order valence-electron chi connectivity index (χ0n) is 22.1. The molecular formula is C22H18ClF2N3O4. The molecule has 2 N–H and O–H groups in total. The predicted octanol–water partition coefficient (Wildman–Crippen LogP) is 2.51. The van der Waals surface area contributed by atoms with Crippen LogP contribution in [-0.4, -0.2) is 34.6 Å². The predicted molar refractivity (Wildman–Crippen MR) is 110 cm³/mol. The van der Waals surface area contributed by atoms with Gasteiger partial charge < -0.3 is 10.2 Å². The van der Waals surface area contributed by atoms with Crippen molar-refractivity contribution in [1.82, 2.24) is 15.5 Å². The summed E-state index contributed by atoms with van der Waals surface area (Å²) in [6.45, 7) is -2.39. The lowest BCUT2D eigenvalue weighted by molar-refractivity contribution is -0.147. The first-order valence-electron chi connectivity index (χ1n) is 12.2. The van der Waals surface area contributed by atoms with E-state index in [4.69, 9.17) is 19.9 Å². The number of halogens is 3. The Morgan fingerprint density at radius 2 is 2.00 bits per heavy atom. The molecule has 1 saturated heterocycles. The van der Waals surface area contributed by atoms with Crippen LogP contribution in [0.4, 0.5) is 8.78 Å². The highest BCUT2D eigenvalue weighted by molar-refractivity contribution is 6.30. The molecule has 2 aromatic rings. The number of carbonyl (C=O) groups is 4. The third-order valence-electron chi connectivity index (χ3n) is 4.89. The van der Waals surface area contributed by atoms with E-state index in [2.05, 4.69) is 0 Å². The van der Waals surface area contributed by atoms with E-state index in [1.54, 1.807) is 5.32 Å². The Balaban J connectivity index is 1.59. The zero-order chi connectivity index (χ0) is 28.4. The fourth-order valence-electron chi connectivity index (χ4n) is 3.28. The highest BCUT2D eigenvalue weighted by Gasteiger charge is 2.41. The third kappa shape index (κ3) is 4.08. The number of alkyl halides is 2. The topological polar surface area (TPSA) is 95.6 Å². The van der Waals surface area contributed by atoms with Crippen LogP contribution in [0.5, 0.6) is 0 Å². The van der Waals surface area contributed by atoms with E-state index in [9.17, 15) is 28.0 Å². The molecule has 2 atom stereocenters. The summed E-state index contributed by atoms with van der Waals surface area (Å²) in [6, 6.07) is 5.59. The van der Waals surface area contributed by atoms with Gasteiger partial charge in [-0.25, -0.2) is 0 Å². The van der Waals surface area contributed by atoms with E-state index in [1.165, 1.54) is 12.1 Å². The summed E-state index contributed by atoms with van der Waals surface area (Å²) in [6.07, 6.45) is -6.23. The van der Waals surface area contributed by atoms with Gasteiger partial charge in [0.2, 0.25) is 11.8 Å². The number of fused-ring (bicyclic) bond motifs is 1. The first-order valence-corrected chi connectivity index (χ1v) is 9.57. The van der Waals surface area contributed by atoms with Gasteiger partial charge in [-0.2, -0.15) is 8.78 Å². The molecule has 0 aromatic heterocycles. The molecular weight excluding hydrogens is 444 g/mol. The first-order chi connectivity index (χ1) is 17.5. The molecule has 0 aliphatic carbocycles. The van der Waals surface area contributed by atoms with Crippen molar-refractivity contribution in [2.24, 2.45) is 0 Å². The number of nitrogens with zero attached hydrogens (tertiary/aromatic N) is 1. The third-order valence-corrected chi connectivity index (χ3v) is 5.14. The number of benzene rings is 2. The number of hydrogen-bond acceptors (Lipinski definition) is 4. The Bertz CT molecular complexity index is 1360. The molecule has 2 unspecified atom stereocenters. The number of rotatable bonds is 5. The van der Waals surface area contributed by atoms with Crippen molar-refractivity contribution in [1.29, 1.82) is 0 Å². The second kappa shape index (κ2) is 8.31. The summed E-state index contributed by atoms with van der Waals surface area (Å²) in [5.41, 5.74) is -0.785. The number of imide groups is 1. The molecule has 2 aromatic carbocycles. The first kappa shape index (κ1) is 15.5. The molecule has 7 nitrogen and oxygen atoms in total. The van der Waals surface area contributed by atoms with Gasteiger partial charge >= 0.3 is 5.92 Å². The minimum Gasteiger partial charge on any atom is -0.346 e. The molecule has 4 amide bonds. The van der Waals surface area contributed by atoms with Crippen LogP contribution in [0.1, 0.15) is 46.6 Å². The molecule has 2 heterocycles. The van der Waals surface area contributed by atoms with Crippen LogP contribution in [0.15, 0.2) is 42.5 Å². The summed E-state index contributed by atoms with van der Waals surface area (Å²) in [4.78, 5) is 50.4. The summed E-state index contributed by atoms with van der Waals surface area (Å²) in [5, 5.41) is 1.65. The number of piperidine rings is 1. The SMILES string of the molecule is [2H]C(c1ccc2c(c1)CN(C1C(=O)NC(=O)C([2H])([2H])C1([2H])[2H])C2=O)N([2H])C(=O)C(F)(F)c1ccc(Cl)cc1. The van der Waals surface area contributed by atoms with Crippen molar-refractivity contribution in [3.63, 3.8) is 0 Å². The fourth-order valence-corrected chi connectivity index (χ4v) is 3.41. The minimum absolute atomic E-state index is 0.0450. The Hall–Kier alpha value is -3.33. The summed E-state index contributed by atoms with van der Waals surface area (Å²) in [5.74, 6) is -9.71. The highest BCUT2D eigenvalue weighted by atomic mass is 35.5. The van der Waals surface area contributed by atoms with Crippen LogP contribution >= 0.6 is 11.6 Å². The molecule has 2 aliphatic rings. The van der Waals surface area contributed by atoms with Gasteiger partial charge in [-0.1, -0.05) is 35.9 Å². The lowest BCUT2D eigenvalue weighted by Crippen LogP contribution is -2.52. The zero-order valence-corrected chi connectivity index (χ0v) is 16.8. The molecule has 4 rings (SSSR count). The number of hydrogen-bond donors (Lipinski definition) is 2. The van der Waals surface area contributed by atoms with Crippen molar-refractivity contribution in [2.45, 2.75) is 37.8 Å². The minimum atomic E-state index is -4.15. The smallest absolute Gasteiger partial charge is 0.346 e. The second-order valence-corrected chi connectivity index (χ2v) is 7.42. The number of carbonyl (C=O) groups excluding carboxylic acids is 4. The van der Waals surface area contributed by atoms with Crippen LogP contribution < -0.4 is 10.6 Å². The normalized spacial score (nSPS) is 25.3. The summed E-state index contributed by atoms with van der Waals surface area (Å²) < 4.78 is 77.3. The molecule has 1 fully saturated rings. The van der Waals surface area contributed by atoms with Gasteiger partial charge in [-0.05, 0) is 35.7 Å². The Kier molecular flexibility index (Phi) is 4.02. The Morgan fingerprint density at radius 1 is 1.28 bits per heavy atom. The van der Waals surface area contributed by atoms with Crippen LogP contribution in [-0.2, 0) is 33.4 Å². The average Bonchev–Trinajstić information content (AvgIpc) is 3.16. The van der Waals surface area contributed by atoms with Gasteiger partial charge in [0.25, 0.3) is 11.8 Å². The molecule has 166 valence electrons. The lowest BCUT2D eigenvalue weighted by atomic mass is 10.0. The maximum atomic E-state index is 14.7. The number of amides is 4. The van der Waals surface area contributed by atoms with Gasteiger partial charge in [-0.15, -0.1) is 0 Å². The molecule has 0 spiro atoms.